The predicted molar refractivity (Wildman–Crippen MR) is 428 cm³/mol. The Bertz CT molecular complexity index is 5790. The van der Waals surface area contributed by atoms with Gasteiger partial charge in [-0.15, -0.1) is 22.7 Å². The number of carbonyl (C=O) groups is 6. The standard InChI is InChI=1S/C16H19N5O2.C15H15N5O3.2C15H14N4O3S.C15H16N4O2/c22-16-12-6-3-10(8-14(12)18-20-16)2-1-7-23-21-15-9-13(17-19-15)11-4-5-11;1-20-7-13(16-8-20)17-14(22)6-10(21)4-9-2-3-11-12(5-9)18-19-15(11)23;2*1-8-7-16-15(23-8)17-13(21)6-10(20)4-9-2-3-11-12(5-9)18-19-14(11)22;20-15-12-7-6-11(10-13(12)17-18-15)4-3-9-21-19-14-5-1-2-8-16-14/h3,6,8-9,11H,1-2,4-5,7H2,(H2,17,19,21)(H2,18,20,22);2-3,5,7-8H,4,6H2,1H3,(H,17,22)(H2,18,19,23);2*2-3,5,7H,4,6H2,1H3,(H,16,17,21)(H2,18,19,22);1-2,5-8,10H,3-4,9H2,(H,16,19)(H2,17,18,20). The van der Waals surface area contributed by atoms with Gasteiger partial charge in [-0.3, -0.25) is 119 Å². The summed E-state index contributed by atoms with van der Waals surface area (Å²) in [4.78, 5) is 157. The Kier molecular flexibility index (Phi) is 26.2. The lowest BCUT2D eigenvalue weighted by Gasteiger charge is -2.06. The van der Waals surface area contributed by atoms with E-state index in [4.69, 9.17) is 9.68 Å². The minimum Gasteiger partial charge on any atom is -0.338 e. The van der Waals surface area contributed by atoms with Gasteiger partial charge in [0.05, 0.1) is 93.3 Å². The van der Waals surface area contributed by atoms with Crippen LogP contribution >= 0.6 is 22.7 Å². The molecule has 582 valence electrons. The van der Waals surface area contributed by atoms with Crippen molar-refractivity contribution in [2.45, 2.75) is 96.8 Å². The second kappa shape index (κ2) is 37.6. The Morgan fingerprint density at radius 2 is 0.841 bits per heavy atom. The molecule has 113 heavy (non-hydrogen) atoms. The zero-order valence-corrected chi connectivity index (χ0v) is 62.8. The lowest BCUT2D eigenvalue weighted by atomic mass is 10.1. The van der Waals surface area contributed by atoms with Crippen LogP contribution in [0.3, 0.4) is 0 Å². The number of aryl methyl sites for hydroxylation is 5. The molecular weight excluding hydrogens is 1490 g/mol. The Morgan fingerprint density at radius 3 is 1.20 bits per heavy atom. The molecule has 0 radical (unpaired) electrons. The van der Waals surface area contributed by atoms with Gasteiger partial charge in [0, 0.05) is 78.5 Å². The number of H-pyrrole nitrogens is 11. The molecule has 0 aliphatic heterocycles. The highest BCUT2D eigenvalue weighted by Crippen LogP contribution is 2.39. The van der Waals surface area contributed by atoms with Gasteiger partial charge in [-0.05, 0) is 153 Å². The first kappa shape index (κ1) is 78.8. The molecule has 16 N–H and O–H groups in total. The number of aromatic amines is 11. The summed E-state index contributed by atoms with van der Waals surface area (Å²) in [6.45, 7) is 4.95. The van der Waals surface area contributed by atoms with Gasteiger partial charge in [0.15, 0.2) is 21.9 Å². The lowest BCUT2D eigenvalue weighted by Crippen LogP contribution is -2.17. The average Bonchev–Trinajstić information content (AvgIpc) is 1.74. The number of thiazole rings is 2. The minimum absolute atomic E-state index is 0.0800. The van der Waals surface area contributed by atoms with Crippen molar-refractivity contribution in [1.82, 2.24) is 85.7 Å². The van der Waals surface area contributed by atoms with Crippen molar-refractivity contribution < 1.29 is 38.4 Å². The summed E-state index contributed by atoms with van der Waals surface area (Å²) >= 11 is 2.72. The Balaban J connectivity index is 0.000000131. The van der Waals surface area contributed by atoms with Gasteiger partial charge in [-0.1, -0.05) is 36.4 Å². The number of fused-ring (bicyclic) bond motifs is 5. The van der Waals surface area contributed by atoms with Crippen LogP contribution in [0.1, 0.15) is 94.1 Å². The number of imidazole rings is 1. The number of carbonyl (C=O) groups excluding carboxylic acids is 6. The monoisotopic (exact) mass is 1570 g/mol. The number of benzene rings is 5. The molecule has 35 nitrogen and oxygen atoms in total. The summed E-state index contributed by atoms with van der Waals surface area (Å²) < 4.78 is 1.70. The third-order valence-electron chi connectivity index (χ3n) is 17.2. The van der Waals surface area contributed by atoms with Crippen molar-refractivity contribution in [3.8, 4) is 0 Å². The summed E-state index contributed by atoms with van der Waals surface area (Å²) in [7, 11) is 1.79. The molecule has 0 atom stereocenters. The van der Waals surface area contributed by atoms with Crippen molar-refractivity contribution in [3.05, 3.63) is 241 Å². The minimum atomic E-state index is -0.398. The highest BCUT2D eigenvalue weighted by molar-refractivity contribution is 7.16. The molecule has 1 fully saturated rings. The van der Waals surface area contributed by atoms with Crippen LogP contribution in [0, 0.1) is 13.8 Å². The van der Waals surface area contributed by atoms with E-state index in [2.05, 4.69) is 108 Å². The van der Waals surface area contributed by atoms with Gasteiger partial charge in [-0.25, -0.2) is 30.9 Å². The van der Waals surface area contributed by atoms with Crippen molar-refractivity contribution in [1.29, 1.82) is 0 Å². The van der Waals surface area contributed by atoms with Gasteiger partial charge in [-0.2, -0.15) is 5.10 Å². The van der Waals surface area contributed by atoms with E-state index in [0.29, 0.717) is 84.5 Å². The number of nitrogens with zero attached hydrogens (tertiary/aromatic N) is 6. The zero-order valence-electron chi connectivity index (χ0n) is 61.1. The molecule has 1 saturated carbocycles. The number of rotatable bonds is 28. The van der Waals surface area contributed by atoms with Crippen LogP contribution in [0.4, 0.5) is 27.7 Å². The Morgan fingerprint density at radius 1 is 0.451 bits per heavy atom. The third kappa shape index (κ3) is 22.9. The zero-order chi connectivity index (χ0) is 79.3. The van der Waals surface area contributed by atoms with Crippen LogP contribution in [-0.2, 0) is 77.6 Å². The maximum Gasteiger partial charge on any atom is 0.271 e. The summed E-state index contributed by atoms with van der Waals surface area (Å²) in [5.74, 6) is 0.744. The second-order valence-electron chi connectivity index (χ2n) is 26.4. The Hall–Kier alpha value is -13.8. The maximum atomic E-state index is 12.0. The van der Waals surface area contributed by atoms with Crippen LogP contribution in [-0.4, -0.2) is 134 Å². The molecule has 1 aliphatic carbocycles. The SMILES string of the molecule is Cc1cnc(NC(=O)CC(=O)Cc2ccc3c(=O)[nH][nH]c3c2)s1.Cc1cnc(NC(=O)CC(=O)Cc2ccc3c(=O)[nH][nH]c3c2)s1.Cn1cnc(NC(=O)CC(=O)Cc2ccc3c(=O)[nH][nH]c3c2)c1.O=c1[nH][nH]c2cc(CCCONc3cc(C4CC4)[nH]n3)ccc12.O=c1[nH][nH]c2cc(CCCONc3ccccn3)ccc12. The fourth-order valence-electron chi connectivity index (χ4n) is 11.6. The third-order valence-corrected chi connectivity index (χ3v) is 18.9. The van der Waals surface area contributed by atoms with Crippen LogP contribution in [0.2, 0.25) is 0 Å². The molecule has 15 aromatic rings. The second-order valence-corrected chi connectivity index (χ2v) is 28.9. The number of Topliss-reactive ketones (excluding diaryl/α,β-unsaturated/α-hetero) is 3. The average molecular weight is 1570 g/mol. The first-order chi connectivity index (χ1) is 54.6. The molecule has 0 spiro atoms. The fourth-order valence-corrected chi connectivity index (χ4v) is 13.0. The fraction of sp³-hybridized carbons (Fsp3) is 0.237. The molecule has 10 heterocycles. The highest BCUT2D eigenvalue weighted by atomic mass is 32.1. The normalized spacial score (nSPS) is 11.6. The van der Waals surface area contributed by atoms with Crippen molar-refractivity contribution in [2.24, 2.45) is 7.05 Å². The maximum absolute atomic E-state index is 12.0. The van der Waals surface area contributed by atoms with E-state index in [0.717, 1.165) is 69.0 Å². The number of amides is 3. The number of anilines is 5. The summed E-state index contributed by atoms with van der Waals surface area (Å²) in [5, 5.41) is 45.5. The molecule has 37 heteroatoms. The van der Waals surface area contributed by atoms with Crippen molar-refractivity contribution in [3.63, 3.8) is 0 Å². The topological polar surface area (TPSA) is 509 Å². The number of ketones is 3. The van der Waals surface area contributed by atoms with E-state index in [1.165, 1.54) is 52.3 Å². The van der Waals surface area contributed by atoms with Gasteiger partial charge in [0.25, 0.3) is 27.8 Å². The molecule has 0 unspecified atom stereocenters. The molecule has 0 saturated heterocycles. The number of hydrogen-bond donors (Lipinski definition) is 16. The smallest absolute Gasteiger partial charge is 0.271 e. The van der Waals surface area contributed by atoms with E-state index in [-0.39, 0.29) is 95.5 Å². The first-order valence-corrected chi connectivity index (χ1v) is 37.2. The van der Waals surface area contributed by atoms with Gasteiger partial charge >= 0.3 is 0 Å². The van der Waals surface area contributed by atoms with Crippen LogP contribution < -0.4 is 54.7 Å². The predicted octanol–water partition coefficient (Wildman–Crippen LogP) is 8.91. The van der Waals surface area contributed by atoms with E-state index in [9.17, 15) is 52.7 Å². The van der Waals surface area contributed by atoms with Gasteiger partial charge in [0.1, 0.15) is 23.2 Å². The summed E-state index contributed by atoms with van der Waals surface area (Å²) in [5.41, 5.74) is 14.3. The first-order valence-electron chi connectivity index (χ1n) is 35.6. The molecule has 10 aromatic heterocycles. The largest absolute Gasteiger partial charge is 0.338 e. The van der Waals surface area contributed by atoms with Crippen molar-refractivity contribution in [2.75, 3.05) is 40.1 Å². The van der Waals surface area contributed by atoms with Crippen LogP contribution in [0.25, 0.3) is 54.5 Å². The number of nitrogens with one attached hydrogen (secondary N) is 16. The number of pyridine rings is 1. The lowest BCUT2D eigenvalue weighted by molar-refractivity contribution is -0.126. The molecule has 5 aromatic carbocycles. The number of aromatic nitrogens is 17. The molecular formula is C76H78N22O13S2. The van der Waals surface area contributed by atoms with Gasteiger partial charge < -0.3 is 20.5 Å². The molecule has 0 bridgehead atoms. The van der Waals surface area contributed by atoms with Crippen molar-refractivity contribution >= 4 is 140 Å². The highest BCUT2D eigenvalue weighted by Gasteiger charge is 2.26. The molecule has 1 aliphatic rings. The molecule has 16 rings (SSSR count). The Labute approximate surface area is 646 Å². The summed E-state index contributed by atoms with van der Waals surface area (Å²) in [6.07, 6.45) is 14.0. The van der Waals surface area contributed by atoms with E-state index in [1.807, 2.05) is 74.5 Å². The van der Waals surface area contributed by atoms with Gasteiger partial charge in [0.2, 0.25) is 17.7 Å². The number of hydrogen-bond acceptors (Lipinski definition) is 22. The summed E-state index contributed by atoms with van der Waals surface area (Å²) in [6, 6.07) is 34.5. The van der Waals surface area contributed by atoms with Crippen LogP contribution in [0.15, 0.2) is 170 Å². The van der Waals surface area contributed by atoms with E-state index >= 15 is 0 Å². The quantitative estimate of drug-likeness (QED) is 0.0123. The van der Waals surface area contributed by atoms with E-state index in [1.54, 1.807) is 97.3 Å². The van der Waals surface area contributed by atoms with Crippen LogP contribution in [0.5, 0.6) is 0 Å². The van der Waals surface area contributed by atoms with E-state index < -0.39 is 5.91 Å². The molecule has 3 amide bonds.